The highest BCUT2D eigenvalue weighted by atomic mass is 16.7. The molecule has 1 N–H and O–H groups in total. The molecule has 1 heterocycles. The van der Waals surface area contributed by atoms with Gasteiger partial charge >= 0.3 is 0 Å². The van der Waals surface area contributed by atoms with Crippen LogP contribution >= 0.6 is 0 Å². The second-order valence-corrected chi connectivity index (χ2v) is 3.47. The highest BCUT2D eigenvalue weighted by molar-refractivity contribution is 5.93. The molecule has 4 heteroatoms. The van der Waals surface area contributed by atoms with Crippen molar-refractivity contribution in [3.05, 3.63) is 0 Å². The fourth-order valence-electron chi connectivity index (χ4n) is 1.65. The predicted molar refractivity (Wildman–Crippen MR) is 57.8 cm³/mol. The van der Waals surface area contributed by atoms with Crippen LogP contribution in [0.3, 0.4) is 0 Å². The van der Waals surface area contributed by atoms with Gasteiger partial charge in [0.1, 0.15) is 0 Å². The molecule has 1 rings (SSSR count). The van der Waals surface area contributed by atoms with Crippen LogP contribution in [0.2, 0.25) is 0 Å². The van der Waals surface area contributed by atoms with Crippen LogP contribution in [0.15, 0.2) is 0 Å². The summed E-state index contributed by atoms with van der Waals surface area (Å²) >= 11 is 0. The summed E-state index contributed by atoms with van der Waals surface area (Å²) in [5, 5.41) is 4.84. The first-order valence-electron chi connectivity index (χ1n) is 5.37. The van der Waals surface area contributed by atoms with Crippen molar-refractivity contribution in [2.45, 2.75) is 32.7 Å². The van der Waals surface area contributed by atoms with Gasteiger partial charge in [-0.25, -0.2) is 0 Å². The first-order valence-corrected chi connectivity index (χ1v) is 5.37. The van der Waals surface area contributed by atoms with Crippen LogP contribution in [0.4, 0.5) is 0 Å². The molecule has 0 atom stereocenters. The molecule has 1 aliphatic rings. The predicted octanol–water partition coefficient (Wildman–Crippen LogP) is 0.542. The average molecular weight is 210 g/mol. The number of carbonyl (C=O) groups is 1. The highest BCUT2D eigenvalue weighted by Crippen LogP contribution is 2.10. The Kier molecular flexibility index (Phi) is 5.16. The summed E-state index contributed by atoms with van der Waals surface area (Å²) < 4.78 is 0. The summed E-state index contributed by atoms with van der Waals surface area (Å²) in [5.74, 6) is 4.90. The number of amides is 1. The van der Waals surface area contributed by atoms with Crippen molar-refractivity contribution in [1.82, 2.24) is 10.4 Å². The zero-order valence-electron chi connectivity index (χ0n) is 9.38. The number of rotatable bonds is 3. The Morgan fingerprint density at radius 2 is 2.20 bits per heavy atom. The summed E-state index contributed by atoms with van der Waals surface area (Å²) in [6.45, 7) is 6.09. The molecule has 0 bridgehead atoms. The van der Waals surface area contributed by atoms with Gasteiger partial charge in [-0.1, -0.05) is 5.92 Å². The van der Waals surface area contributed by atoms with E-state index in [-0.39, 0.29) is 11.9 Å². The van der Waals surface area contributed by atoms with Crippen LogP contribution in [0, 0.1) is 11.8 Å². The molecule has 1 fully saturated rings. The minimum Gasteiger partial charge on any atom is -0.342 e. The Balaban J connectivity index is 2.24. The molecule has 0 unspecified atom stereocenters. The van der Waals surface area contributed by atoms with Crippen LogP contribution in [0.5, 0.6) is 0 Å². The Morgan fingerprint density at radius 1 is 1.53 bits per heavy atom. The van der Waals surface area contributed by atoms with Crippen LogP contribution in [0.1, 0.15) is 26.7 Å². The third-order valence-electron chi connectivity index (χ3n) is 2.34. The van der Waals surface area contributed by atoms with Gasteiger partial charge in [-0.3, -0.25) is 9.63 Å². The van der Waals surface area contributed by atoms with E-state index in [4.69, 9.17) is 4.84 Å². The molecular formula is C11H18N2O2. The zero-order chi connectivity index (χ0) is 11.1. The van der Waals surface area contributed by atoms with Gasteiger partial charge in [-0.2, -0.15) is 5.06 Å². The standard InChI is InChI=1S/C11H18N2O2/c1-3-5-11(14)12-10-6-8-13(9-7-10)15-4-2/h10H,4,6-9H2,1-2H3,(H,12,14). The van der Waals surface area contributed by atoms with Crippen molar-refractivity contribution in [3.8, 4) is 11.8 Å². The zero-order valence-corrected chi connectivity index (χ0v) is 9.38. The lowest BCUT2D eigenvalue weighted by Gasteiger charge is -2.30. The summed E-state index contributed by atoms with van der Waals surface area (Å²) in [6, 6.07) is 0.245. The summed E-state index contributed by atoms with van der Waals surface area (Å²) in [5.41, 5.74) is 0. The minimum atomic E-state index is -0.174. The lowest BCUT2D eigenvalue weighted by atomic mass is 10.1. The van der Waals surface area contributed by atoms with Crippen LogP contribution < -0.4 is 5.32 Å². The van der Waals surface area contributed by atoms with E-state index in [1.165, 1.54) is 0 Å². The molecule has 0 aromatic rings. The van der Waals surface area contributed by atoms with Gasteiger partial charge < -0.3 is 5.32 Å². The van der Waals surface area contributed by atoms with Crippen LogP contribution in [-0.4, -0.2) is 36.7 Å². The Morgan fingerprint density at radius 3 is 2.73 bits per heavy atom. The second-order valence-electron chi connectivity index (χ2n) is 3.47. The third kappa shape index (κ3) is 4.32. The molecule has 0 aromatic carbocycles. The first kappa shape index (κ1) is 12.0. The van der Waals surface area contributed by atoms with E-state index in [1.54, 1.807) is 6.92 Å². The quantitative estimate of drug-likeness (QED) is 0.691. The molecule has 1 amide bonds. The molecule has 0 saturated carbocycles. The van der Waals surface area contributed by atoms with E-state index in [2.05, 4.69) is 17.2 Å². The second kappa shape index (κ2) is 6.44. The molecule has 0 aliphatic carbocycles. The number of piperidine rings is 1. The monoisotopic (exact) mass is 210 g/mol. The van der Waals surface area contributed by atoms with E-state index in [0.717, 1.165) is 25.9 Å². The average Bonchev–Trinajstić information content (AvgIpc) is 2.22. The fourth-order valence-corrected chi connectivity index (χ4v) is 1.65. The van der Waals surface area contributed by atoms with E-state index in [9.17, 15) is 4.79 Å². The van der Waals surface area contributed by atoms with Gasteiger partial charge in [0.15, 0.2) is 0 Å². The van der Waals surface area contributed by atoms with E-state index >= 15 is 0 Å². The minimum absolute atomic E-state index is 0.174. The maximum atomic E-state index is 11.2. The molecular weight excluding hydrogens is 192 g/mol. The number of nitrogens with one attached hydrogen (secondary N) is 1. The first-order chi connectivity index (χ1) is 7.26. The topological polar surface area (TPSA) is 41.6 Å². The molecule has 1 aliphatic heterocycles. The lowest BCUT2D eigenvalue weighted by Crippen LogP contribution is -2.44. The summed E-state index contributed by atoms with van der Waals surface area (Å²) in [7, 11) is 0. The van der Waals surface area contributed by atoms with E-state index in [0.29, 0.717) is 6.61 Å². The van der Waals surface area contributed by atoms with Crippen LogP contribution in [-0.2, 0) is 9.63 Å². The maximum Gasteiger partial charge on any atom is 0.296 e. The van der Waals surface area contributed by atoms with Crippen molar-refractivity contribution in [1.29, 1.82) is 0 Å². The number of carbonyl (C=O) groups excluding carboxylic acids is 1. The normalized spacial score (nSPS) is 18.0. The number of hydrogen-bond acceptors (Lipinski definition) is 3. The summed E-state index contributed by atoms with van der Waals surface area (Å²) in [6.07, 6.45) is 1.86. The van der Waals surface area contributed by atoms with Crippen molar-refractivity contribution in [2.75, 3.05) is 19.7 Å². The molecule has 0 aromatic heterocycles. The van der Waals surface area contributed by atoms with Gasteiger partial charge in [-0.15, -0.1) is 0 Å². The van der Waals surface area contributed by atoms with E-state index < -0.39 is 0 Å². The molecule has 15 heavy (non-hydrogen) atoms. The van der Waals surface area contributed by atoms with Gasteiger partial charge in [0.2, 0.25) is 0 Å². The maximum absolute atomic E-state index is 11.2. The van der Waals surface area contributed by atoms with Crippen molar-refractivity contribution < 1.29 is 9.63 Å². The molecule has 4 nitrogen and oxygen atoms in total. The van der Waals surface area contributed by atoms with E-state index in [1.807, 2.05) is 12.0 Å². The molecule has 84 valence electrons. The Bertz CT molecular complexity index is 259. The molecule has 0 spiro atoms. The highest BCUT2D eigenvalue weighted by Gasteiger charge is 2.20. The molecule has 1 saturated heterocycles. The lowest BCUT2D eigenvalue weighted by molar-refractivity contribution is -0.167. The summed E-state index contributed by atoms with van der Waals surface area (Å²) in [4.78, 5) is 16.6. The largest absolute Gasteiger partial charge is 0.342 e. The Labute approximate surface area is 90.9 Å². The third-order valence-corrected chi connectivity index (χ3v) is 2.34. The van der Waals surface area contributed by atoms with Crippen molar-refractivity contribution in [3.63, 3.8) is 0 Å². The smallest absolute Gasteiger partial charge is 0.296 e. The van der Waals surface area contributed by atoms with Gasteiger partial charge in [0.05, 0.1) is 6.61 Å². The van der Waals surface area contributed by atoms with Crippen molar-refractivity contribution >= 4 is 5.91 Å². The van der Waals surface area contributed by atoms with Crippen LogP contribution in [0.25, 0.3) is 0 Å². The number of nitrogens with zero attached hydrogens (tertiary/aromatic N) is 1. The molecule has 0 radical (unpaired) electrons. The van der Waals surface area contributed by atoms with Crippen molar-refractivity contribution in [2.24, 2.45) is 0 Å². The van der Waals surface area contributed by atoms with Gasteiger partial charge in [0, 0.05) is 19.1 Å². The number of hydrogen-bond donors (Lipinski definition) is 1. The Hall–Kier alpha value is -1.05. The SMILES string of the molecule is CC#CC(=O)NC1CCN(OCC)CC1. The van der Waals surface area contributed by atoms with Gasteiger partial charge in [-0.05, 0) is 32.6 Å². The van der Waals surface area contributed by atoms with Gasteiger partial charge in [0.25, 0.3) is 5.91 Å². The fraction of sp³-hybridized carbons (Fsp3) is 0.727. The number of hydroxylamine groups is 2.